The lowest BCUT2D eigenvalue weighted by Crippen LogP contribution is -2.45. The molecule has 1 heterocycles. The summed E-state index contributed by atoms with van der Waals surface area (Å²) in [6.45, 7) is 0. The normalized spacial score (nSPS) is 10.5. The van der Waals surface area contributed by atoms with E-state index in [1.165, 1.54) is 13.1 Å². The van der Waals surface area contributed by atoms with Crippen molar-refractivity contribution >= 4 is 45.3 Å². The number of nitrogens with one attached hydrogen (secondary N) is 3. The van der Waals surface area contributed by atoms with Crippen LogP contribution in [0.1, 0.15) is 4.88 Å². The van der Waals surface area contributed by atoms with Crippen LogP contribution in [0.4, 0.5) is 4.79 Å². The van der Waals surface area contributed by atoms with E-state index in [1.807, 2.05) is 36.4 Å². The highest BCUT2D eigenvalue weighted by atomic mass is 79.9. The number of halogens is 1. The maximum absolute atomic E-state index is 11.5. The van der Waals surface area contributed by atoms with Gasteiger partial charge < -0.3 is 5.32 Å². The molecule has 3 N–H and O–H groups in total. The van der Waals surface area contributed by atoms with E-state index in [2.05, 4.69) is 32.1 Å². The van der Waals surface area contributed by atoms with Crippen molar-refractivity contribution in [1.82, 2.24) is 16.2 Å². The monoisotopic (exact) mass is 379 g/mol. The highest BCUT2D eigenvalue weighted by molar-refractivity contribution is 9.10. The Kier molecular flexibility index (Phi) is 5.74. The Labute approximate surface area is 140 Å². The fourth-order valence-electron chi connectivity index (χ4n) is 1.62. The molecule has 0 aliphatic heterocycles. The van der Waals surface area contributed by atoms with E-state index in [1.54, 1.807) is 17.4 Å². The van der Waals surface area contributed by atoms with Crippen molar-refractivity contribution in [2.24, 2.45) is 0 Å². The van der Waals surface area contributed by atoms with Gasteiger partial charge in [-0.3, -0.25) is 10.2 Å². The van der Waals surface area contributed by atoms with Gasteiger partial charge in [-0.05, 0) is 35.9 Å². The topological polar surface area (TPSA) is 70.2 Å². The zero-order valence-electron chi connectivity index (χ0n) is 11.7. The van der Waals surface area contributed by atoms with Crippen LogP contribution in [-0.4, -0.2) is 19.0 Å². The summed E-state index contributed by atoms with van der Waals surface area (Å²) in [6.07, 6.45) is 3.07. The van der Waals surface area contributed by atoms with Crippen LogP contribution in [-0.2, 0) is 4.79 Å². The lowest BCUT2D eigenvalue weighted by Gasteiger charge is -2.02. The molecule has 1 aromatic carbocycles. The van der Waals surface area contributed by atoms with E-state index in [9.17, 15) is 9.59 Å². The average Bonchev–Trinajstić information content (AvgIpc) is 2.99. The smallest absolute Gasteiger partial charge is 0.333 e. The van der Waals surface area contributed by atoms with Crippen molar-refractivity contribution in [2.45, 2.75) is 0 Å². The minimum Gasteiger partial charge on any atom is -0.340 e. The molecule has 2 aromatic rings. The molecule has 22 heavy (non-hydrogen) atoms. The van der Waals surface area contributed by atoms with Gasteiger partial charge in [-0.2, -0.15) is 0 Å². The van der Waals surface area contributed by atoms with Gasteiger partial charge in [0.25, 0.3) is 5.91 Å². The summed E-state index contributed by atoms with van der Waals surface area (Å²) in [6, 6.07) is 11.5. The molecule has 0 radical (unpaired) electrons. The molecule has 0 unspecified atom stereocenters. The number of carbonyl (C=O) groups excluding carboxylic acids is 2. The molecule has 0 atom stereocenters. The van der Waals surface area contributed by atoms with Crippen LogP contribution in [0.25, 0.3) is 16.5 Å². The van der Waals surface area contributed by atoms with Crippen LogP contribution in [0, 0.1) is 0 Å². The summed E-state index contributed by atoms with van der Waals surface area (Å²) in [5.41, 5.74) is 5.58. The van der Waals surface area contributed by atoms with Crippen molar-refractivity contribution in [2.75, 3.05) is 7.05 Å². The Morgan fingerprint density at radius 2 is 2.00 bits per heavy atom. The third-order valence-electron chi connectivity index (χ3n) is 2.66. The molecular weight excluding hydrogens is 366 g/mol. The second-order valence-corrected chi connectivity index (χ2v) is 6.27. The van der Waals surface area contributed by atoms with E-state index in [-0.39, 0.29) is 0 Å². The Morgan fingerprint density at radius 3 is 2.73 bits per heavy atom. The fourth-order valence-corrected chi connectivity index (χ4v) is 2.93. The summed E-state index contributed by atoms with van der Waals surface area (Å²) in [5.74, 6) is -0.402. The zero-order valence-corrected chi connectivity index (χ0v) is 14.1. The summed E-state index contributed by atoms with van der Waals surface area (Å²) in [5, 5.41) is 2.33. The van der Waals surface area contributed by atoms with E-state index >= 15 is 0 Å². The third kappa shape index (κ3) is 4.71. The molecule has 5 nitrogen and oxygen atoms in total. The Hall–Kier alpha value is -2.12. The lowest BCUT2D eigenvalue weighted by atomic mass is 10.2. The first-order chi connectivity index (χ1) is 10.6. The molecule has 2 rings (SSSR count). The highest BCUT2D eigenvalue weighted by Crippen LogP contribution is 2.30. The molecule has 0 fully saturated rings. The summed E-state index contributed by atoms with van der Waals surface area (Å²) in [4.78, 5) is 24.5. The van der Waals surface area contributed by atoms with Crippen LogP contribution in [0.15, 0.2) is 46.9 Å². The highest BCUT2D eigenvalue weighted by Gasteiger charge is 2.03. The second-order valence-electron chi connectivity index (χ2n) is 4.24. The van der Waals surface area contributed by atoms with Gasteiger partial charge in [-0.15, -0.1) is 11.3 Å². The van der Waals surface area contributed by atoms with E-state index in [0.717, 1.165) is 19.8 Å². The van der Waals surface area contributed by atoms with Crippen molar-refractivity contribution in [3.8, 4) is 10.4 Å². The van der Waals surface area contributed by atoms with Gasteiger partial charge in [-0.25, -0.2) is 10.2 Å². The Balaban J connectivity index is 1.98. The number of carbonyl (C=O) groups is 2. The van der Waals surface area contributed by atoms with E-state index < -0.39 is 11.9 Å². The van der Waals surface area contributed by atoms with Crippen LogP contribution < -0.4 is 16.2 Å². The third-order valence-corrected chi connectivity index (χ3v) is 4.25. The number of hydrazine groups is 1. The van der Waals surface area contributed by atoms with Crippen LogP contribution in [0.2, 0.25) is 0 Å². The fraction of sp³-hybridized carbons (Fsp3) is 0.0667. The average molecular weight is 380 g/mol. The van der Waals surface area contributed by atoms with Gasteiger partial charge in [-0.1, -0.05) is 28.1 Å². The molecule has 0 bridgehead atoms. The van der Waals surface area contributed by atoms with Crippen LogP contribution in [0.5, 0.6) is 0 Å². The molecule has 114 valence electrons. The second kappa shape index (κ2) is 7.77. The first kappa shape index (κ1) is 16.3. The largest absolute Gasteiger partial charge is 0.340 e. The van der Waals surface area contributed by atoms with Gasteiger partial charge >= 0.3 is 6.03 Å². The van der Waals surface area contributed by atoms with Crippen LogP contribution >= 0.6 is 27.3 Å². The predicted molar refractivity (Wildman–Crippen MR) is 92.2 cm³/mol. The molecule has 7 heteroatoms. The molecule has 3 amide bonds. The summed E-state index contributed by atoms with van der Waals surface area (Å²) < 4.78 is 1.02. The Bertz CT molecular complexity index is 712. The van der Waals surface area contributed by atoms with Crippen LogP contribution in [0.3, 0.4) is 0 Å². The maximum atomic E-state index is 11.5. The zero-order chi connectivity index (χ0) is 15.9. The van der Waals surface area contributed by atoms with Crippen molar-refractivity contribution in [3.05, 3.63) is 51.8 Å². The summed E-state index contributed by atoms with van der Waals surface area (Å²) in [7, 11) is 1.46. The number of urea groups is 1. The van der Waals surface area contributed by atoms with Gasteiger partial charge in [0.1, 0.15) is 0 Å². The van der Waals surface area contributed by atoms with Gasteiger partial charge in [0.2, 0.25) is 0 Å². The minimum absolute atomic E-state index is 0.402. The molecule has 0 aliphatic carbocycles. The molecule has 0 spiro atoms. The first-order valence-corrected chi connectivity index (χ1v) is 8.01. The SMILES string of the molecule is CNC(=O)NNC(=O)C=Cc1ccc(-c2cccc(Br)c2)s1. The molecule has 0 saturated carbocycles. The van der Waals surface area contributed by atoms with Crippen molar-refractivity contribution in [1.29, 1.82) is 0 Å². The van der Waals surface area contributed by atoms with E-state index in [0.29, 0.717) is 0 Å². The molecule has 1 aromatic heterocycles. The molecule has 0 saturated heterocycles. The Morgan fingerprint density at radius 1 is 1.18 bits per heavy atom. The van der Waals surface area contributed by atoms with Crippen molar-refractivity contribution < 1.29 is 9.59 Å². The first-order valence-electron chi connectivity index (χ1n) is 6.40. The van der Waals surface area contributed by atoms with E-state index in [4.69, 9.17) is 0 Å². The van der Waals surface area contributed by atoms with Gasteiger partial charge in [0, 0.05) is 27.4 Å². The number of rotatable bonds is 3. The maximum Gasteiger partial charge on any atom is 0.333 e. The number of hydrogen-bond donors (Lipinski definition) is 3. The number of amides is 3. The van der Waals surface area contributed by atoms with Gasteiger partial charge in [0.15, 0.2) is 0 Å². The summed E-state index contributed by atoms with van der Waals surface area (Å²) >= 11 is 5.03. The lowest BCUT2D eigenvalue weighted by molar-refractivity contribution is -0.117. The number of hydrogen-bond acceptors (Lipinski definition) is 3. The number of benzene rings is 1. The molecule has 0 aliphatic rings. The van der Waals surface area contributed by atoms with Gasteiger partial charge in [0.05, 0.1) is 0 Å². The molecular formula is C15H14BrN3O2S. The number of thiophene rings is 1. The quantitative estimate of drug-likeness (QED) is 0.566. The predicted octanol–water partition coefficient (Wildman–Crippen LogP) is 3.15. The minimum atomic E-state index is -0.477. The van der Waals surface area contributed by atoms with Crippen molar-refractivity contribution in [3.63, 3.8) is 0 Å². The standard InChI is InChI=1S/C15H14BrN3O2S/c1-17-15(21)19-18-14(20)8-6-12-5-7-13(22-12)10-3-2-4-11(16)9-10/h2-9H,1H3,(H,18,20)(H2,17,19,21).